The van der Waals surface area contributed by atoms with Crippen molar-refractivity contribution in [3.05, 3.63) is 48.0 Å². The van der Waals surface area contributed by atoms with Crippen molar-refractivity contribution >= 4 is 21.6 Å². The monoisotopic (exact) mass is 392 g/mol. The van der Waals surface area contributed by atoms with Crippen LogP contribution in [0.3, 0.4) is 0 Å². The molecule has 2 aromatic rings. The summed E-state index contributed by atoms with van der Waals surface area (Å²) in [4.78, 5) is 12.7. The molecule has 8 heteroatoms. The minimum absolute atomic E-state index is 0.154. The lowest BCUT2D eigenvalue weighted by atomic mass is 10.2. The first-order chi connectivity index (χ1) is 12.9. The lowest BCUT2D eigenvalue weighted by Gasteiger charge is -2.18. The molecule has 0 saturated carbocycles. The van der Waals surface area contributed by atoms with E-state index in [0.717, 1.165) is 0 Å². The Morgan fingerprint density at radius 2 is 1.63 bits per heavy atom. The molecule has 0 aliphatic carbocycles. The first-order valence-electron chi connectivity index (χ1n) is 8.50. The van der Waals surface area contributed by atoms with Gasteiger partial charge in [-0.3, -0.25) is 4.79 Å². The van der Waals surface area contributed by atoms with Gasteiger partial charge in [0.25, 0.3) is 5.91 Å². The van der Waals surface area contributed by atoms with Crippen LogP contribution >= 0.6 is 0 Å². The number of hydrogen-bond acceptors (Lipinski definition) is 5. The predicted octanol–water partition coefficient (Wildman–Crippen LogP) is 2.99. The van der Waals surface area contributed by atoms with E-state index >= 15 is 0 Å². The Morgan fingerprint density at radius 3 is 2.15 bits per heavy atom. The summed E-state index contributed by atoms with van der Waals surface area (Å²) in [7, 11) is -0.523. The van der Waals surface area contributed by atoms with Crippen LogP contribution in [0.5, 0.6) is 11.5 Å². The summed E-state index contributed by atoms with van der Waals surface area (Å²) in [6.45, 7) is 4.34. The summed E-state index contributed by atoms with van der Waals surface area (Å²) in [6.07, 6.45) is 0. The van der Waals surface area contributed by atoms with E-state index in [9.17, 15) is 13.2 Å². The Bertz CT molecular complexity index is 891. The second-order valence-corrected chi connectivity index (χ2v) is 7.57. The van der Waals surface area contributed by atoms with Crippen molar-refractivity contribution in [3.63, 3.8) is 0 Å². The zero-order valence-electron chi connectivity index (χ0n) is 15.9. The van der Waals surface area contributed by atoms with E-state index in [1.165, 1.54) is 42.8 Å². The van der Waals surface area contributed by atoms with Gasteiger partial charge in [-0.2, -0.15) is 4.31 Å². The van der Waals surface area contributed by atoms with Crippen molar-refractivity contribution in [2.75, 3.05) is 32.6 Å². The third kappa shape index (κ3) is 4.58. The standard InChI is InChI=1S/C19H24N2O5S/c1-5-21(6-2)27(23,24)16-10-7-14(8-11-16)19(22)20-17-13-15(25-3)9-12-18(17)26-4/h7-13H,5-6H2,1-4H3,(H,20,22). The summed E-state index contributed by atoms with van der Waals surface area (Å²) in [5, 5.41) is 2.75. The van der Waals surface area contributed by atoms with E-state index in [2.05, 4.69) is 5.32 Å². The molecule has 2 aromatic carbocycles. The van der Waals surface area contributed by atoms with Crippen LogP contribution in [0.4, 0.5) is 5.69 Å². The molecule has 0 aliphatic heterocycles. The van der Waals surface area contributed by atoms with Gasteiger partial charge in [-0.25, -0.2) is 8.42 Å². The van der Waals surface area contributed by atoms with Crippen molar-refractivity contribution < 1.29 is 22.7 Å². The number of anilines is 1. The molecule has 0 atom stereocenters. The van der Waals surface area contributed by atoms with Gasteiger partial charge in [0.1, 0.15) is 11.5 Å². The molecule has 0 spiro atoms. The number of nitrogens with zero attached hydrogens (tertiary/aromatic N) is 1. The fourth-order valence-electron chi connectivity index (χ4n) is 2.60. The SMILES string of the molecule is CCN(CC)S(=O)(=O)c1ccc(C(=O)Nc2cc(OC)ccc2OC)cc1. The zero-order chi connectivity index (χ0) is 20.0. The van der Waals surface area contributed by atoms with Crippen molar-refractivity contribution in [1.82, 2.24) is 4.31 Å². The maximum atomic E-state index is 12.5. The minimum atomic E-state index is -3.56. The highest BCUT2D eigenvalue weighted by molar-refractivity contribution is 7.89. The number of carbonyl (C=O) groups excluding carboxylic acids is 1. The summed E-state index contributed by atoms with van der Waals surface area (Å²) in [5.74, 6) is 0.685. The maximum absolute atomic E-state index is 12.5. The molecule has 1 N–H and O–H groups in total. The number of carbonyl (C=O) groups is 1. The van der Waals surface area contributed by atoms with Crippen LogP contribution in [-0.2, 0) is 10.0 Å². The number of hydrogen-bond donors (Lipinski definition) is 1. The molecular weight excluding hydrogens is 368 g/mol. The lowest BCUT2D eigenvalue weighted by molar-refractivity contribution is 0.102. The summed E-state index contributed by atoms with van der Waals surface area (Å²) >= 11 is 0. The maximum Gasteiger partial charge on any atom is 0.255 e. The molecular formula is C19H24N2O5S. The average Bonchev–Trinajstić information content (AvgIpc) is 2.68. The average molecular weight is 392 g/mol. The van der Waals surface area contributed by atoms with E-state index in [4.69, 9.17) is 9.47 Å². The highest BCUT2D eigenvalue weighted by Gasteiger charge is 2.21. The van der Waals surface area contributed by atoms with Crippen LogP contribution < -0.4 is 14.8 Å². The predicted molar refractivity (Wildman–Crippen MR) is 104 cm³/mol. The van der Waals surface area contributed by atoms with E-state index in [1.54, 1.807) is 32.0 Å². The molecule has 0 unspecified atom stereocenters. The molecule has 0 saturated heterocycles. The smallest absolute Gasteiger partial charge is 0.255 e. The Labute approximate surface area is 160 Å². The van der Waals surface area contributed by atoms with Crippen LogP contribution in [0, 0.1) is 0 Å². The molecule has 0 bridgehead atoms. The molecule has 0 aromatic heterocycles. The second-order valence-electron chi connectivity index (χ2n) is 5.63. The Balaban J connectivity index is 2.24. The van der Waals surface area contributed by atoms with Crippen LogP contribution in [0.25, 0.3) is 0 Å². The van der Waals surface area contributed by atoms with Crippen LogP contribution in [0.15, 0.2) is 47.4 Å². The third-order valence-corrected chi connectivity index (χ3v) is 6.18. The van der Waals surface area contributed by atoms with Gasteiger partial charge < -0.3 is 14.8 Å². The van der Waals surface area contributed by atoms with E-state index in [0.29, 0.717) is 35.8 Å². The summed E-state index contributed by atoms with van der Waals surface area (Å²) < 4.78 is 36.8. The van der Waals surface area contributed by atoms with Gasteiger partial charge in [-0.05, 0) is 36.4 Å². The number of amides is 1. The topological polar surface area (TPSA) is 84.9 Å². The van der Waals surface area contributed by atoms with Gasteiger partial charge in [0.15, 0.2) is 0 Å². The van der Waals surface area contributed by atoms with Crippen molar-refractivity contribution in [2.24, 2.45) is 0 Å². The third-order valence-electron chi connectivity index (χ3n) is 4.11. The van der Waals surface area contributed by atoms with E-state index in [-0.39, 0.29) is 10.8 Å². The molecule has 27 heavy (non-hydrogen) atoms. The molecule has 0 aliphatic rings. The second kappa shape index (κ2) is 8.88. The summed E-state index contributed by atoms with van der Waals surface area (Å²) in [5.41, 5.74) is 0.792. The van der Waals surface area contributed by atoms with Crippen LogP contribution in [0.1, 0.15) is 24.2 Å². The number of benzene rings is 2. The van der Waals surface area contributed by atoms with E-state index in [1.807, 2.05) is 0 Å². The number of sulfonamides is 1. The van der Waals surface area contributed by atoms with Crippen molar-refractivity contribution in [1.29, 1.82) is 0 Å². The normalized spacial score (nSPS) is 11.3. The van der Waals surface area contributed by atoms with E-state index < -0.39 is 10.0 Å². The highest BCUT2D eigenvalue weighted by Crippen LogP contribution is 2.29. The van der Waals surface area contributed by atoms with Gasteiger partial charge in [-0.15, -0.1) is 0 Å². The number of nitrogens with one attached hydrogen (secondary N) is 1. The van der Waals surface area contributed by atoms with Gasteiger partial charge in [0.2, 0.25) is 10.0 Å². The molecule has 2 rings (SSSR count). The first kappa shape index (κ1) is 20.7. The summed E-state index contributed by atoms with van der Waals surface area (Å²) in [6, 6.07) is 10.9. The fourth-order valence-corrected chi connectivity index (χ4v) is 4.06. The van der Waals surface area contributed by atoms with Gasteiger partial charge in [0.05, 0.1) is 24.8 Å². The number of rotatable bonds is 8. The number of methoxy groups -OCH3 is 2. The van der Waals surface area contributed by atoms with Crippen LogP contribution in [-0.4, -0.2) is 45.9 Å². The largest absolute Gasteiger partial charge is 0.497 e. The molecule has 146 valence electrons. The fraction of sp³-hybridized carbons (Fsp3) is 0.316. The van der Waals surface area contributed by atoms with Crippen molar-refractivity contribution in [3.8, 4) is 11.5 Å². The quantitative estimate of drug-likeness (QED) is 0.746. The Hall–Kier alpha value is -2.58. The molecule has 1 amide bonds. The van der Waals surface area contributed by atoms with Gasteiger partial charge >= 0.3 is 0 Å². The highest BCUT2D eigenvalue weighted by atomic mass is 32.2. The van der Waals surface area contributed by atoms with Gasteiger partial charge in [-0.1, -0.05) is 13.8 Å². The Kier molecular flexibility index (Phi) is 6.81. The van der Waals surface area contributed by atoms with Gasteiger partial charge in [0, 0.05) is 24.7 Å². The lowest BCUT2D eigenvalue weighted by Crippen LogP contribution is -2.30. The molecule has 0 radical (unpaired) electrons. The first-order valence-corrected chi connectivity index (χ1v) is 9.95. The number of ether oxygens (including phenoxy) is 2. The molecule has 0 fully saturated rings. The Morgan fingerprint density at radius 1 is 1.00 bits per heavy atom. The van der Waals surface area contributed by atoms with Crippen LogP contribution in [0.2, 0.25) is 0 Å². The minimum Gasteiger partial charge on any atom is -0.497 e. The molecule has 0 heterocycles. The molecule has 7 nitrogen and oxygen atoms in total. The zero-order valence-corrected chi connectivity index (χ0v) is 16.7. The van der Waals surface area contributed by atoms with Crippen molar-refractivity contribution in [2.45, 2.75) is 18.7 Å².